The zero-order valence-corrected chi connectivity index (χ0v) is 11.7. The van der Waals surface area contributed by atoms with E-state index >= 15 is 0 Å². The maximum Gasteiger partial charge on any atom is 0.170 e. The first-order valence-corrected chi connectivity index (χ1v) is 6.48. The van der Waals surface area contributed by atoms with Gasteiger partial charge in [0.2, 0.25) is 0 Å². The van der Waals surface area contributed by atoms with E-state index in [2.05, 4.69) is 42.5 Å². The van der Waals surface area contributed by atoms with Crippen LogP contribution in [0.2, 0.25) is 0 Å². The van der Waals surface area contributed by atoms with Crippen LogP contribution < -0.4 is 11.1 Å². The van der Waals surface area contributed by atoms with E-state index in [0.29, 0.717) is 6.54 Å². The molecule has 4 heteroatoms. The van der Waals surface area contributed by atoms with Gasteiger partial charge in [0, 0.05) is 17.8 Å². The first-order chi connectivity index (χ1) is 9.60. The predicted octanol–water partition coefficient (Wildman–Crippen LogP) is 3.01. The monoisotopic (exact) mass is 269 g/mol. The molecule has 0 heterocycles. The summed E-state index contributed by atoms with van der Waals surface area (Å²) in [7, 11) is 0. The van der Waals surface area contributed by atoms with Gasteiger partial charge >= 0.3 is 0 Å². The van der Waals surface area contributed by atoms with Gasteiger partial charge in [-0.25, -0.2) is 0 Å². The molecule has 104 valence electrons. The highest BCUT2D eigenvalue weighted by atomic mass is 16.4. The van der Waals surface area contributed by atoms with Crippen molar-refractivity contribution in [1.29, 1.82) is 0 Å². The van der Waals surface area contributed by atoms with E-state index in [0.717, 1.165) is 16.8 Å². The molecule has 4 nitrogen and oxygen atoms in total. The van der Waals surface area contributed by atoms with Crippen LogP contribution in [0.15, 0.2) is 47.6 Å². The van der Waals surface area contributed by atoms with E-state index in [1.807, 2.05) is 24.3 Å². The molecule has 0 saturated heterocycles. The van der Waals surface area contributed by atoms with Gasteiger partial charge in [-0.2, -0.15) is 0 Å². The van der Waals surface area contributed by atoms with Gasteiger partial charge in [0.15, 0.2) is 5.84 Å². The smallest absolute Gasteiger partial charge is 0.170 e. The van der Waals surface area contributed by atoms with Gasteiger partial charge in [-0.05, 0) is 42.7 Å². The number of hydrogen-bond acceptors (Lipinski definition) is 3. The van der Waals surface area contributed by atoms with Crippen LogP contribution in [-0.4, -0.2) is 11.0 Å². The number of nitrogens with two attached hydrogens (primary N) is 1. The van der Waals surface area contributed by atoms with Crippen molar-refractivity contribution < 1.29 is 5.21 Å². The van der Waals surface area contributed by atoms with Crippen molar-refractivity contribution in [2.45, 2.75) is 20.4 Å². The first kappa shape index (κ1) is 13.9. The highest BCUT2D eigenvalue weighted by Crippen LogP contribution is 2.16. The Morgan fingerprint density at radius 1 is 1.15 bits per heavy atom. The summed E-state index contributed by atoms with van der Waals surface area (Å²) in [5.74, 6) is 0.128. The third-order valence-electron chi connectivity index (χ3n) is 3.11. The topological polar surface area (TPSA) is 70.6 Å². The summed E-state index contributed by atoms with van der Waals surface area (Å²) in [5.41, 5.74) is 10.9. The molecule has 2 aromatic carbocycles. The van der Waals surface area contributed by atoms with Gasteiger partial charge in [-0.15, -0.1) is 0 Å². The molecule has 0 radical (unpaired) electrons. The molecule has 20 heavy (non-hydrogen) atoms. The van der Waals surface area contributed by atoms with Crippen molar-refractivity contribution in [2.75, 3.05) is 5.32 Å². The molecule has 0 aliphatic carbocycles. The molecule has 0 fully saturated rings. The summed E-state index contributed by atoms with van der Waals surface area (Å²) in [5, 5.41) is 15.3. The number of oxime groups is 1. The SMILES string of the molecule is Cc1cc(C)cc(NCc2ccccc2C(N)=NO)c1. The quantitative estimate of drug-likeness (QED) is 0.346. The van der Waals surface area contributed by atoms with Crippen LogP contribution in [0.5, 0.6) is 0 Å². The zero-order valence-electron chi connectivity index (χ0n) is 11.7. The molecule has 0 spiro atoms. The Hall–Kier alpha value is -2.49. The molecule has 0 unspecified atom stereocenters. The zero-order chi connectivity index (χ0) is 14.5. The Bertz CT molecular complexity index is 615. The van der Waals surface area contributed by atoms with Gasteiger partial charge in [0.05, 0.1) is 0 Å². The van der Waals surface area contributed by atoms with Crippen molar-refractivity contribution in [3.8, 4) is 0 Å². The number of aryl methyl sites for hydroxylation is 2. The second-order valence-corrected chi connectivity index (χ2v) is 4.87. The van der Waals surface area contributed by atoms with E-state index in [4.69, 9.17) is 10.9 Å². The molecular formula is C16H19N3O. The molecule has 0 saturated carbocycles. The standard InChI is InChI=1S/C16H19N3O/c1-11-7-12(2)9-14(8-11)18-10-13-5-3-4-6-15(13)16(17)19-20/h3-9,18,20H,10H2,1-2H3,(H2,17,19). The summed E-state index contributed by atoms with van der Waals surface area (Å²) >= 11 is 0. The van der Waals surface area contributed by atoms with Gasteiger partial charge in [0.1, 0.15) is 0 Å². The number of nitrogens with one attached hydrogen (secondary N) is 1. The van der Waals surface area contributed by atoms with E-state index in [9.17, 15) is 0 Å². The molecular weight excluding hydrogens is 250 g/mol. The maximum absolute atomic E-state index is 8.81. The first-order valence-electron chi connectivity index (χ1n) is 6.48. The van der Waals surface area contributed by atoms with Crippen molar-refractivity contribution in [1.82, 2.24) is 0 Å². The van der Waals surface area contributed by atoms with Crippen LogP contribution in [0.25, 0.3) is 0 Å². The number of hydrogen-bond donors (Lipinski definition) is 3. The normalized spacial score (nSPS) is 11.4. The molecule has 0 aliphatic heterocycles. The lowest BCUT2D eigenvalue weighted by molar-refractivity contribution is 0.318. The second kappa shape index (κ2) is 6.10. The minimum Gasteiger partial charge on any atom is -0.409 e. The molecule has 0 atom stereocenters. The van der Waals surface area contributed by atoms with E-state index < -0.39 is 0 Å². The summed E-state index contributed by atoms with van der Waals surface area (Å²) in [6, 6.07) is 13.9. The van der Waals surface area contributed by atoms with Crippen molar-refractivity contribution in [3.05, 3.63) is 64.7 Å². The lowest BCUT2D eigenvalue weighted by Gasteiger charge is -2.11. The summed E-state index contributed by atoms with van der Waals surface area (Å²) < 4.78 is 0. The van der Waals surface area contributed by atoms with Gasteiger partial charge < -0.3 is 16.3 Å². The molecule has 0 bridgehead atoms. The Morgan fingerprint density at radius 2 is 1.80 bits per heavy atom. The molecule has 2 aromatic rings. The highest BCUT2D eigenvalue weighted by molar-refractivity contribution is 5.98. The van der Waals surface area contributed by atoms with E-state index in [-0.39, 0.29) is 5.84 Å². The third kappa shape index (κ3) is 3.29. The van der Waals surface area contributed by atoms with Crippen LogP contribution in [-0.2, 0) is 6.54 Å². The van der Waals surface area contributed by atoms with Gasteiger partial charge in [-0.1, -0.05) is 35.5 Å². The minimum absolute atomic E-state index is 0.128. The van der Waals surface area contributed by atoms with Gasteiger partial charge in [0.25, 0.3) is 0 Å². The highest BCUT2D eigenvalue weighted by Gasteiger charge is 2.06. The largest absolute Gasteiger partial charge is 0.409 e. The Balaban J connectivity index is 2.19. The average molecular weight is 269 g/mol. The van der Waals surface area contributed by atoms with Crippen LogP contribution in [0.1, 0.15) is 22.3 Å². The number of benzene rings is 2. The van der Waals surface area contributed by atoms with Crippen LogP contribution in [0, 0.1) is 13.8 Å². The predicted molar refractivity (Wildman–Crippen MR) is 82.2 cm³/mol. The Labute approximate surface area is 118 Å². The van der Waals surface area contributed by atoms with Crippen LogP contribution >= 0.6 is 0 Å². The fraction of sp³-hybridized carbons (Fsp3) is 0.188. The molecule has 0 amide bonds. The van der Waals surface area contributed by atoms with Crippen LogP contribution in [0.3, 0.4) is 0 Å². The number of anilines is 1. The Kier molecular flexibility index (Phi) is 4.25. The summed E-state index contributed by atoms with van der Waals surface area (Å²) in [4.78, 5) is 0. The molecule has 2 rings (SSSR count). The lowest BCUT2D eigenvalue weighted by atomic mass is 10.1. The number of amidine groups is 1. The number of rotatable bonds is 4. The summed E-state index contributed by atoms with van der Waals surface area (Å²) in [6.45, 7) is 4.76. The third-order valence-corrected chi connectivity index (χ3v) is 3.11. The Morgan fingerprint density at radius 3 is 2.45 bits per heavy atom. The maximum atomic E-state index is 8.81. The molecule has 0 aliphatic rings. The van der Waals surface area contributed by atoms with Crippen molar-refractivity contribution in [3.63, 3.8) is 0 Å². The van der Waals surface area contributed by atoms with E-state index in [1.54, 1.807) is 0 Å². The van der Waals surface area contributed by atoms with Gasteiger partial charge in [-0.3, -0.25) is 0 Å². The average Bonchev–Trinajstić information content (AvgIpc) is 2.43. The van der Waals surface area contributed by atoms with Crippen molar-refractivity contribution in [2.24, 2.45) is 10.9 Å². The fourth-order valence-electron chi connectivity index (χ4n) is 2.25. The lowest BCUT2D eigenvalue weighted by Crippen LogP contribution is -2.16. The molecule has 0 aromatic heterocycles. The van der Waals surface area contributed by atoms with E-state index in [1.165, 1.54) is 11.1 Å². The molecule has 4 N–H and O–H groups in total. The van der Waals surface area contributed by atoms with Crippen molar-refractivity contribution >= 4 is 11.5 Å². The summed E-state index contributed by atoms with van der Waals surface area (Å²) in [6.07, 6.45) is 0. The fourth-order valence-corrected chi connectivity index (χ4v) is 2.25. The minimum atomic E-state index is 0.128. The van der Waals surface area contributed by atoms with Crippen LogP contribution in [0.4, 0.5) is 5.69 Å². The second-order valence-electron chi connectivity index (χ2n) is 4.87. The number of nitrogens with zero attached hydrogens (tertiary/aromatic N) is 1.